The Balaban J connectivity index is 1.72. The second-order valence-electron chi connectivity index (χ2n) is 6.86. The van der Waals surface area contributed by atoms with Gasteiger partial charge in [-0.05, 0) is 57.3 Å². The summed E-state index contributed by atoms with van der Waals surface area (Å²) >= 11 is 6.44. The highest BCUT2D eigenvalue weighted by molar-refractivity contribution is 6.32. The molecule has 2 aromatic rings. The molecule has 2 aliphatic heterocycles. The Labute approximate surface area is 148 Å². The van der Waals surface area contributed by atoms with E-state index >= 15 is 0 Å². The molecule has 5 heteroatoms. The number of halogens is 1. The molecular formula is C19H25ClN4. The van der Waals surface area contributed by atoms with Crippen LogP contribution in [0.2, 0.25) is 5.02 Å². The number of benzene rings is 1. The molecule has 4 nitrogen and oxygen atoms in total. The van der Waals surface area contributed by atoms with E-state index in [4.69, 9.17) is 16.7 Å². The lowest BCUT2D eigenvalue weighted by molar-refractivity contribution is 0.217. The minimum atomic E-state index is 0.748. The first-order chi connectivity index (χ1) is 11.8. The van der Waals surface area contributed by atoms with Gasteiger partial charge >= 0.3 is 0 Å². The minimum Gasteiger partial charge on any atom is -0.370 e. The average molecular weight is 345 g/mol. The second-order valence-corrected chi connectivity index (χ2v) is 7.26. The summed E-state index contributed by atoms with van der Waals surface area (Å²) in [5, 5.41) is 9.34. The van der Waals surface area contributed by atoms with E-state index in [0.717, 1.165) is 36.0 Å². The first kappa shape index (κ1) is 16.0. The molecule has 0 amide bonds. The van der Waals surface area contributed by atoms with E-state index in [9.17, 15) is 0 Å². The van der Waals surface area contributed by atoms with Crippen molar-refractivity contribution in [2.24, 2.45) is 0 Å². The van der Waals surface area contributed by atoms with Crippen LogP contribution in [0.3, 0.4) is 0 Å². The number of likely N-dealkylation sites (tertiary alicyclic amines) is 1. The number of anilines is 1. The van der Waals surface area contributed by atoms with Gasteiger partial charge in [0.15, 0.2) is 0 Å². The number of para-hydroxylation sites is 1. The van der Waals surface area contributed by atoms with Gasteiger partial charge in [-0.2, -0.15) is 5.10 Å². The number of hydrogen-bond donors (Lipinski definition) is 1. The van der Waals surface area contributed by atoms with Gasteiger partial charge in [-0.1, -0.05) is 30.2 Å². The smallest absolute Gasteiger partial charge is 0.133 e. The maximum atomic E-state index is 6.44. The van der Waals surface area contributed by atoms with E-state index in [1.165, 1.54) is 56.5 Å². The predicted octanol–water partition coefficient (Wildman–Crippen LogP) is 4.26. The van der Waals surface area contributed by atoms with Crippen LogP contribution in [0.15, 0.2) is 24.3 Å². The number of nitrogens with one attached hydrogen (secondary N) is 1. The highest BCUT2D eigenvalue weighted by Crippen LogP contribution is 2.31. The van der Waals surface area contributed by atoms with Crippen molar-refractivity contribution in [3.63, 3.8) is 0 Å². The average Bonchev–Trinajstić information content (AvgIpc) is 2.79. The largest absolute Gasteiger partial charge is 0.370 e. The number of rotatable bonds is 3. The molecule has 0 atom stereocenters. The molecule has 24 heavy (non-hydrogen) atoms. The zero-order chi connectivity index (χ0) is 16.4. The Morgan fingerprint density at radius 2 is 1.88 bits per heavy atom. The van der Waals surface area contributed by atoms with E-state index in [2.05, 4.69) is 10.2 Å². The molecule has 0 spiro atoms. The number of hydrogen-bond acceptors (Lipinski definition) is 3. The Hall–Kier alpha value is -1.52. The molecule has 1 aromatic heterocycles. The number of piperidine rings is 1. The van der Waals surface area contributed by atoms with Gasteiger partial charge in [-0.25, -0.2) is 4.68 Å². The monoisotopic (exact) mass is 344 g/mol. The molecule has 128 valence electrons. The van der Waals surface area contributed by atoms with E-state index in [0.29, 0.717) is 0 Å². The van der Waals surface area contributed by atoms with Crippen LogP contribution >= 0.6 is 11.6 Å². The summed E-state index contributed by atoms with van der Waals surface area (Å²) in [4.78, 5) is 2.55. The zero-order valence-electron chi connectivity index (χ0n) is 14.1. The Morgan fingerprint density at radius 3 is 2.71 bits per heavy atom. The van der Waals surface area contributed by atoms with E-state index in [-0.39, 0.29) is 0 Å². The van der Waals surface area contributed by atoms with Crippen LogP contribution in [-0.2, 0) is 13.0 Å². The highest BCUT2D eigenvalue weighted by Gasteiger charge is 2.23. The predicted molar refractivity (Wildman–Crippen MR) is 99.1 cm³/mol. The third-order valence-electron chi connectivity index (χ3n) is 5.12. The fraction of sp³-hybridized carbons (Fsp3) is 0.526. The lowest BCUT2D eigenvalue weighted by Crippen LogP contribution is -2.29. The van der Waals surface area contributed by atoms with Gasteiger partial charge in [0.2, 0.25) is 0 Å². The summed E-state index contributed by atoms with van der Waals surface area (Å²) in [6.07, 6.45) is 7.53. The maximum absolute atomic E-state index is 6.44. The Morgan fingerprint density at radius 1 is 1.04 bits per heavy atom. The van der Waals surface area contributed by atoms with Crippen molar-refractivity contribution in [2.45, 2.75) is 45.1 Å². The topological polar surface area (TPSA) is 33.1 Å². The molecule has 1 aromatic carbocycles. The lowest BCUT2D eigenvalue weighted by Gasteiger charge is -2.25. The van der Waals surface area contributed by atoms with Gasteiger partial charge in [0.1, 0.15) is 5.82 Å². The summed E-state index contributed by atoms with van der Waals surface area (Å²) < 4.78 is 2.03. The van der Waals surface area contributed by atoms with Gasteiger partial charge < -0.3 is 5.32 Å². The summed E-state index contributed by atoms with van der Waals surface area (Å²) in [5.41, 5.74) is 3.58. The van der Waals surface area contributed by atoms with Gasteiger partial charge in [-0.3, -0.25) is 4.90 Å². The van der Waals surface area contributed by atoms with Crippen LogP contribution in [0.25, 0.3) is 5.69 Å². The SMILES string of the molecule is Clc1ccccc1-n1nc(CN2CCCCC2)c2c1NCCCC2. The molecule has 1 saturated heterocycles. The third kappa shape index (κ3) is 3.17. The Bertz CT molecular complexity index is 703. The lowest BCUT2D eigenvalue weighted by atomic mass is 10.1. The number of nitrogens with zero attached hydrogens (tertiary/aromatic N) is 3. The molecule has 0 unspecified atom stereocenters. The normalized spacial score (nSPS) is 18.7. The Kier molecular flexibility index (Phi) is 4.76. The molecule has 3 heterocycles. The van der Waals surface area contributed by atoms with Gasteiger partial charge in [0.25, 0.3) is 0 Å². The van der Waals surface area contributed by atoms with Crippen LogP contribution in [0.1, 0.15) is 43.4 Å². The van der Waals surface area contributed by atoms with E-state index in [1.54, 1.807) is 0 Å². The first-order valence-electron chi connectivity index (χ1n) is 9.15. The molecule has 2 aliphatic rings. The zero-order valence-corrected chi connectivity index (χ0v) is 14.9. The molecule has 1 fully saturated rings. The summed E-state index contributed by atoms with van der Waals surface area (Å²) in [5.74, 6) is 1.15. The van der Waals surface area contributed by atoms with Crippen LogP contribution in [0, 0.1) is 0 Å². The molecule has 0 bridgehead atoms. The van der Waals surface area contributed by atoms with Crippen molar-refractivity contribution in [3.8, 4) is 5.69 Å². The fourth-order valence-electron chi connectivity index (χ4n) is 3.83. The molecular weight excluding hydrogens is 320 g/mol. The van der Waals surface area contributed by atoms with Crippen LogP contribution in [0.4, 0.5) is 5.82 Å². The number of aromatic nitrogens is 2. The van der Waals surface area contributed by atoms with Gasteiger partial charge in [0, 0.05) is 18.7 Å². The van der Waals surface area contributed by atoms with E-state index < -0.39 is 0 Å². The van der Waals surface area contributed by atoms with Crippen molar-refractivity contribution in [3.05, 3.63) is 40.5 Å². The second kappa shape index (κ2) is 7.16. The van der Waals surface area contributed by atoms with Gasteiger partial charge in [-0.15, -0.1) is 0 Å². The molecule has 1 N–H and O–H groups in total. The summed E-state index contributed by atoms with van der Waals surface area (Å²) in [6, 6.07) is 7.98. The summed E-state index contributed by atoms with van der Waals surface area (Å²) in [6.45, 7) is 4.36. The first-order valence-corrected chi connectivity index (χ1v) is 9.52. The maximum Gasteiger partial charge on any atom is 0.133 e. The van der Waals surface area contributed by atoms with Crippen molar-refractivity contribution in [2.75, 3.05) is 25.0 Å². The molecule has 4 rings (SSSR count). The van der Waals surface area contributed by atoms with Crippen LogP contribution in [0.5, 0.6) is 0 Å². The molecule has 0 radical (unpaired) electrons. The van der Waals surface area contributed by atoms with Crippen molar-refractivity contribution < 1.29 is 0 Å². The third-order valence-corrected chi connectivity index (χ3v) is 5.44. The van der Waals surface area contributed by atoms with Crippen molar-refractivity contribution in [1.29, 1.82) is 0 Å². The molecule has 0 saturated carbocycles. The van der Waals surface area contributed by atoms with Crippen LogP contribution < -0.4 is 5.32 Å². The number of fused-ring (bicyclic) bond motifs is 1. The van der Waals surface area contributed by atoms with Crippen molar-refractivity contribution >= 4 is 17.4 Å². The quantitative estimate of drug-likeness (QED) is 0.903. The summed E-state index contributed by atoms with van der Waals surface area (Å²) in [7, 11) is 0. The standard InChI is InChI=1S/C19H25ClN4/c20-16-9-2-3-10-18(16)24-19-15(8-4-5-11-21-19)17(22-24)14-23-12-6-1-7-13-23/h2-3,9-10,21H,1,4-8,11-14H2. The van der Waals surface area contributed by atoms with Gasteiger partial charge in [0.05, 0.1) is 16.4 Å². The fourth-order valence-corrected chi connectivity index (χ4v) is 4.04. The minimum absolute atomic E-state index is 0.748. The van der Waals surface area contributed by atoms with Crippen LogP contribution in [-0.4, -0.2) is 34.3 Å². The highest BCUT2D eigenvalue weighted by atomic mass is 35.5. The molecule has 0 aliphatic carbocycles. The van der Waals surface area contributed by atoms with Crippen molar-refractivity contribution in [1.82, 2.24) is 14.7 Å². The van der Waals surface area contributed by atoms with E-state index in [1.807, 2.05) is 28.9 Å².